The Hall–Kier alpha value is -8.14. The molecule has 0 bridgehead atoms. The van der Waals surface area contributed by atoms with Crippen molar-refractivity contribution in [1.29, 1.82) is 0 Å². The molecule has 1 aliphatic carbocycles. The number of hydrogen-bond acceptors (Lipinski definition) is 2. The number of rotatable bonds is 8. The normalized spacial score (nSPS) is 14.2. The first-order valence-electron chi connectivity index (χ1n) is 21.4. The van der Waals surface area contributed by atoms with Crippen LogP contribution in [-0.4, -0.2) is 4.57 Å². The molecule has 11 aromatic rings. The third-order valence-corrected chi connectivity index (χ3v) is 12.7. The van der Waals surface area contributed by atoms with Gasteiger partial charge in [0.05, 0.1) is 11.0 Å². The number of hydrogen-bond donors (Lipinski definition) is 0. The Balaban J connectivity index is 1.16. The Morgan fingerprint density at radius 2 is 0.855 bits per heavy atom. The van der Waals surface area contributed by atoms with Gasteiger partial charge in [-0.05, 0) is 117 Å². The van der Waals surface area contributed by atoms with Gasteiger partial charge in [0.15, 0.2) is 0 Å². The van der Waals surface area contributed by atoms with E-state index < -0.39 is 5.54 Å². The van der Waals surface area contributed by atoms with E-state index in [-0.39, 0.29) is 0 Å². The van der Waals surface area contributed by atoms with Gasteiger partial charge in [-0.1, -0.05) is 170 Å². The van der Waals surface area contributed by atoms with Crippen molar-refractivity contribution in [3.8, 4) is 16.8 Å². The summed E-state index contributed by atoms with van der Waals surface area (Å²) in [6.45, 7) is 0. The first-order valence-corrected chi connectivity index (χ1v) is 21.4. The van der Waals surface area contributed by atoms with Crippen molar-refractivity contribution in [3.63, 3.8) is 0 Å². The van der Waals surface area contributed by atoms with E-state index in [1.165, 1.54) is 54.9 Å². The Morgan fingerprint density at radius 1 is 0.323 bits per heavy atom. The largest absolute Gasteiger partial charge is 0.323 e. The molecule has 1 aromatic heterocycles. The number of anilines is 5. The number of aromatic nitrogens is 1. The minimum atomic E-state index is -0.732. The van der Waals surface area contributed by atoms with Crippen LogP contribution in [0.1, 0.15) is 16.7 Å². The van der Waals surface area contributed by atoms with Crippen molar-refractivity contribution < 1.29 is 0 Å². The summed E-state index contributed by atoms with van der Waals surface area (Å²) >= 11 is 0. The summed E-state index contributed by atoms with van der Waals surface area (Å²) in [7, 11) is 0. The lowest BCUT2D eigenvalue weighted by atomic mass is 9.78. The van der Waals surface area contributed by atoms with Crippen molar-refractivity contribution in [2.24, 2.45) is 0 Å². The van der Waals surface area contributed by atoms with Crippen molar-refractivity contribution in [3.05, 3.63) is 265 Å². The van der Waals surface area contributed by atoms with Crippen LogP contribution < -0.4 is 9.80 Å². The highest BCUT2D eigenvalue weighted by atomic mass is 15.2. The van der Waals surface area contributed by atoms with Gasteiger partial charge in [0, 0.05) is 44.9 Å². The molecule has 0 saturated carbocycles. The van der Waals surface area contributed by atoms with Gasteiger partial charge in [-0.15, -0.1) is 0 Å². The molecule has 10 aromatic carbocycles. The van der Waals surface area contributed by atoms with E-state index in [9.17, 15) is 0 Å². The first kappa shape index (κ1) is 35.8. The van der Waals surface area contributed by atoms with E-state index in [1.807, 2.05) is 0 Å². The molecule has 0 aliphatic heterocycles. The monoisotopic (exact) mass is 791 g/mol. The molecule has 0 N–H and O–H groups in total. The van der Waals surface area contributed by atoms with Gasteiger partial charge in [0.2, 0.25) is 0 Å². The fourth-order valence-corrected chi connectivity index (χ4v) is 10.2. The van der Waals surface area contributed by atoms with Crippen molar-refractivity contribution >= 4 is 61.0 Å². The van der Waals surface area contributed by atoms with E-state index in [1.54, 1.807) is 0 Å². The van der Waals surface area contributed by atoms with Crippen LogP contribution in [0.4, 0.5) is 28.4 Å². The minimum Gasteiger partial charge on any atom is -0.323 e. The molecule has 0 fully saturated rings. The number of benzene rings is 10. The Bertz CT molecular complexity index is 3370. The molecule has 292 valence electrons. The lowest BCUT2D eigenvalue weighted by Gasteiger charge is -2.45. The maximum Gasteiger partial charge on any atom is 0.122 e. The van der Waals surface area contributed by atoms with E-state index in [2.05, 4.69) is 263 Å². The van der Waals surface area contributed by atoms with Crippen molar-refractivity contribution in [1.82, 2.24) is 4.57 Å². The second-order valence-electron chi connectivity index (χ2n) is 16.1. The van der Waals surface area contributed by atoms with Gasteiger partial charge in [-0.25, -0.2) is 0 Å². The predicted molar refractivity (Wildman–Crippen MR) is 260 cm³/mol. The molecule has 1 unspecified atom stereocenters. The summed E-state index contributed by atoms with van der Waals surface area (Å²) in [5, 5.41) is 4.87. The molecule has 0 radical (unpaired) electrons. The lowest BCUT2D eigenvalue weighted by molar-refractivity contribution is 0.644. The van der Waals surface area contributed by atoms with Crippen molar-refractivity contribution in [2.75, 3.05) is 9.80 Å². The molecule has 62 heavy (non-hydrogen) atoms. The van der Waals surface area contributed by atoms with Crippen LogP contribution in [0.2, 0.25) is 0 Å². The number of para-hydroxylation sites is 4. The molecule has 0 spiro atoms. The number of fused-ring (bicyclic) bond motifs is 7. The van der Waals surface area contributed by atoms with Gasteiger partial charge in [-0.3, -0.25) is 0 Å². The standard InChI is InChI=1S/C59H41N3/c1-5-21-44(22-6-1)59(62(46-25-9-3-10-26-46)47-27-11-4-12-28-47)55-31-17-15-29-51(55)52-37-35-49(40-56(52)59)60(48-34-33-42-19-13-14-20-43(42)39-48)50-36-38-54-53-30-16-18-32-57(53)61(58(54)41-50)45-23-7-2-8-24-45/h1-41H. The molecule has 12 rings (SSSR count). The number of nitrogens with zero attached hydrogens (tertiary/aromatic N) is 3. The Labute approximate surface area is 361 Å². The topological polar surface area (TPSA) is 11.4 Å². The maximum absolute atomic E-state index is 2.56. The molecule has 0 amide bonds. The molecular formula is C59H41N3. The van der Waals surface area contributed by atoms with Crippen LogP contribution in [0, 0.1) is 0 Å². The Kier molecular flexibility index (Phi) is 8.39. The molecule has 1 heterocycles. The second-order valence-corrected chi connectivity index (χ2v) is 16.1. The Morgan fingerprint density at radius 3 is 1.61 bits per heavy atom. The van der Waals surface area contributed by atoms with E-state index in [0.29, 0.717) is 0 Å². The second kappa shape index (κ2) is 14.5. The highest BCUT2D eigenvalue weighted by Crippen LogP contribution is 2.58. The van der Waals surface area contributed by atoms with E-state index in [4.69, 9.17) is 0 Å². The predicted octanol–water partition coefficient (Wildman–Crippen LogP) is 15.5. The summed E-state index contributed by atoms with van der Waals surface area (Å²) in [5.74, 6) is 0. The van der Waals surface area contributed by atoms with Crippen molar-refractivity contribution in [2.45, 2.75) is 5.54 Å². The first-order chi connectivity index (χ1) is 30.8. The van der Waals surface area contributed by atoms with Gasteiger partial charge >= 0.3 is 0 Å². The van der Waals surface area contributed by atoms with Gasteiger partial charge < -0.3 is 14.4 Å². The molecule has 1 aliphatic rings. The zero-order valence-electron chi connectivity index (χ0n) is 34.0. The van der Waals surface area contributed by atoms with Gasteiger partial charge in [0.1, 0.15) is 5.54 Å². The molecule has 3 nitrogen and oxygen atoms in total. The van der Waals surface area contributed by atoms with Crippen LogP contribution in [-0.2, 0) is 5.54 Å². The lowest BCUT2D eigenvalue weighted by Crippen LogP contribution is -2.44. The SMILES string of the molecule is c1ccc(N(c2ccccc2)C2(c3ccccc3)c3ccccc3-c3ccc(N(c4ccc5ccccc5c4)c4ccc5c6ccccc6n(-c6ccccc6)c5c4)cc32)cc1. The van der Waals surface area contributed by atoms with Crippen LogP contribution in [0.15, 0.2) is 249 Å². The summed E-state index contributed by atoms with van der Waals surface area (Å²) in [5.41, 5.74) is 14.4. The average molecular weight is 792 g/mol. The molecule has 3 heteroatoms. The quantitative estimate of drug-likeness (QED) is 0.152. The zero-order valence-corrected chi connectivity index (χ0v) is 34.0. The summed E-state index contributed by atoms with van der Waals surface area (Å²) in [6.07, 6.45) is 0. The van der Waals surface area contributed by atoms with Crippen LogP contribution >= 0.6 is 0 Å². The highest BCUT2D eigenvalue weighted by molar-refractivity contribution is 6.10. The minimum absolute atomic E-state index is 0.732. The third kappa shape index (κ3) is 5.52. The zero-order chi connectivity index (χ0) is 41.0. The van der Waals surface area contributed by atoms with Crippen LogP contribution in [0.25, 0.3) is 49.4 Å². The molecule has 0 saturated heterocycles. The highest BCUT2D eigenvalue weighted by Gasteiger charge is 2.50. The van der Waals surface area contributed by atoms with Crippen LogP contribution in [0.3, 0.4) is 0 Å². The van der Waals surface area contributed by atoms with Gasteiger partial charge in [0.25, 0.3) is 0 Å². The summed E-state index contributed by atoms with van der Waals surface area (Å²) in [6, 6.07) is 90.9. The average Bonchev–Trinajstić information content (AvgIpc) is 3.83. The van der Waals surface area contributed by atoms with E-state index >= 15 is 0 Å². The van der Waals surface area contributed by atoms with E-state index in [0.717, 1.165) is 39.6 Å². The van der Waals surface area contributed by atoms with Gasteiger partial charge in [-0.2, -0.15) is 0 Å². The summed E-state index contributed by atoms with van der Waals surface area (Å²) in [4.78, 5) is 5.01. The maximum atomic E-state index is 2.56. The molecule has 1 atom stereocenters. The fraction of sp³-hybridized carbons (Fsp3) is 0.0169. The van der Waals surface area contributed by atoms with Crippen LogP contribution in [0.5, 0.6) is 0 Å². The third-order valence-electron chi connectivity index (χ3n) is 12.7. The fourth-order valence-electron chi connectivity index (χ4n) is 10.2. The smallest absolute Gasteiger partial charge is 0.122 e. The molecular weight excluding hydrogens is 751 g/mol. The summed E-state index contributed by atoms with van der Waals surface area (Å²) < 4.78 is 2.41.